The molecule has 2 unspecified atom stereocenters. The number of hydrogen-bond acceptors (Lipinski definition) is 3. The number of nitrogens with zero attached hydrogens (tertiary/aromatic N) is 3. The van der Waals surface area contributed by atoms with Gasteiger partial charge in [0.1, 0.15) is 0 Å². The maximum Gasteiger partial charge on any atom is 0.229 e. The van der Waals surface area contributed by atoms with Crippen LogP contribution in [0.1, 0.15) is 49.7 Å². The monoisotopic (exact) mass is 493 g/mol. The van der Waals surface area contributed by atoms with E-state index in [2.05, 4.69) is 40.1 Å². The van der Waals surface area contributed by atoms with Crippen molar-refractivity contribution in [2.45, 2.75) is 45.1 Å². The van der Waals surface area contributed by atoms with Crippen LogP contribution >= 0.6 is 11.6 Å². The van der Waals surface area contributed by atoms with Gasteiger partial charge in [-0.25, -0.2) is 0 Å². The highest BCUT2D eigenvalue weighted by molar-refractivity contribution is 6.30. The Morgan fingerprint density at radius 3 is 2.34 bits per heavy atom. The van der Waals surface area contributed by atoms with Gasteiger partial charge in [0, 0.05) is 50.1 Å². The Bertz CT molecular complexity index is 1030. The number of carbonyl (C=O) groups excluding carboxylic acids is 2. The lowest BCUT2D eigenvalue weighted by Crippen LogP contribution is -2.46. The predicted octanol–water partition coefficient (Wildman–Crippen LogP) is 4.81. The highest BCUT2D eigenvalue weighted by Gasteiger charge is 2.48. The average molecular weight is 494 g/mol. The van der Waals surface area contributed by atoms with E-state index < -0.39 is 0 Å². The van der Waals surface area contributed by atoms with Crippen LogP contribution in [-0.2, 0) is 16.1 Å². The van der Waals surface area contributed by atoms with E-state index in [1.807, 2.05) is 36.1 Å². The number of carbonyl (C=O) groups is 2. The topological polar surface area (TPSA) is 43.9 Å². The summed E-state index contributed by atoms with van der Waals surface area (Å²) in [7, 11) is 0. The van der Waals surface area contributed by atoms with Crippen LogP contribution < -0.4 is 0 Å². The van der Waals surface area contributed by atoms with Crippen molar-refractivity contribution >= 4 is 23.4 Å². The van der Waals surface area contributed by atoms with Crippen molar-refractivity contribution in [1.82, 2.24) is 14.7 Å². The summed E-state index contributed by atoms with van der Waals surface area (Å²) in [6.45, 7) is 8.02. The van der Waals surface area contributed by atoms with Crippen LogP contribution in [0.4, 0.5) is 0 Å². The van der Waals surface area contributed by atoms with Gasteiger partial charge in [-0.05, 0) is 61.5 Å². The van der Waals surface area contributed by atoms with Crippen molar-refractivity contribution in [3.05, 3.63) is 70.7 Å². The summed E-state index contributed by atoms with van der Waals surface area (Å²) in [6, 6.07) is 18.5. The third-order valence-corrected chi connectivity index (χ3v) is 8.77. The summed E-state index contributed by atoms with van der Waals surface area (Å²) in [4.78, 5) is 32.5. The summed E-state index contributed by atoms with van der Waals surface area (Å²) in [6.07, 6.45) is 3.39. The molecule has 3 heterocycles. The molecule has 0 N–H and O–H groups in total. The summed E-state index contributed by atoms with van der Waals surface area (Å²) in [5, 5.41) is 0.726. The van der Waals surface area contributed by atoms with Crippen molar-refractivity contribution in [3.8, 4) is 0 Å². The number of halogens is 1. The summed E-state index contributed by atoms with van der Waals surface area (Å²) < 4.78 is 0. The third kappa shape index (κ3) is 5.12. The van der Waals surface area contributed by atoms with Crippen molar-refractivity contribution in [2.75, 3.05) is 39.3 Å². The standard InChI is InChI=1S/C29H36ClN3O2/c1-2-27(34)33-20-24(26(21-33)23-6-4-3-5-7-23)19-31-15-12-29(13-16-31)14-17-32(28(29)35)18-22-8-10-25(30)11-9-22/h3-11,24,26H,2,12-21H2,1H3. The van der Waals surface area contributed by atoms with Gasteiger partial charge >= 0.3 is 0 Å². The summed E-state index contributed by atoms with van der Waals surface area (Å²) >= 11 is 6.02. The molecule has 0 saturated carbocycles. The molecule has 0 aromatic heterocycles. The van der Waals surface area contributed by atoms with Gasteiger partial charge < -0.3 is 14.7 Å². The van der Waals surface area contributed by atoms with Crippen molar-refractivity contribution in [3.63, 3.8) is 0 Å². The zero-order valence-corrected chi connectivity index (χ0v) is 21.4. The van der Waals surface area contributed by atoms with Gasteiger partial charge in [-0.2, -0.15) is 0 Å². The van der Waals surface area contributed by atoms with E-state index in [1.54, 1.807) is 0 Å². The Morgan fingerprint density at radius 1 is 0.971 bits per heavy atom. The highest BCUT2D eigenvalue weighted by atomic mass is 35.5. The van der Waals surface area contributed by atoms with Gasteiger partial charge in [-0.15, -0.1) is 0 Å². The van der Waals surface area contributed by atoms with Gasteiger partial charge in [0.05, 0.1) is 5.41 Å². The number of amides is 2. The fraction of sp³-hybridized carbons (Fsp3) is 0.517. The first-order chi connectivity index (χ1) is 17.0. The fourth-order valence-corrected chi connectivity index (χ4v) is 6.50. The first-order valence-corrected chi connectivity index (χ1v) is 13.4. The number of piperidine rings is 1. The SMILES string of the molecule is CCC(=O)N1CC(CN2CCC3(CC2)CCN(Cc2ccc(Cl)cc2)C3=O)C(c2ccccc2)C1. The van der Waals surface area contributed by atoms with Crippen molar-refractivity contribution < 1.29 is 9.59 Å². The Kier molecular flexibility index (Phi) is 7.17. The molecule has 0 radical (unpaired) electrons. The zero-order valence-electron chi connectivity index (χ0n) is 20.7. The Labute approximate surface area is 214 Å². The van der Waals surface area contributed by atoms with E-state index in [0.717, 1.165) is 69.1 Å². The minimum atomic E-state index is -0.193. The number of rotatable bonds is 6. The number of hydrogen-bond donors (Lipinski definition) is 0. The Hall–Kier alpha value is -2.37. The molecule has 3 saturated heterocycles. The Morgan fingerprint density at radius 2 is 1.66 bits per heavy atom. The van der Waals surface area contributed by atoms with E-state index in [1.165, 1.54) is 5.56 Å². The minimum Gasteiger partial charge on any atom is -0.342 e. The zero-order chi connectivity index (χ0) is 24.4. The summed E-state index contributed by atoms with van der Waals surface area (Å²) in [5.41, 5.74) is 2.28. The van der Waals surface area contributed by atoms with Crippen molar-refractivity contribution in [2.24, 2.45) is 11.3 Å². The molecular weight excluding hydrogens is 458 g/mol. The van der Waals surface area contributed by atoms with Crippen LogP contribution in [0.5, 0.6) is 0 Å². The molecule has 0 aliphatic carbocycles. The maximum absolute atomic E-state index is 13.4. The van der Waals surface area contributed by atoms with Gasteiger partial charge in [-0.1, -0.05) is 61.0 Å². The Balaban J connectivity index is 1.20. The molecule has 3 aliphatic heterocycles. The lowest BCUT2D eigenvalue weighted by Gasteiger charge is -2.39. The second-order valence-corrected chi connectivity index (χ2v) is 11.1. The average Bonchev–Trinajstić information content (AvgIpc) is 3.44. The van der Waals surface area contributed by atoms with Crippen molar-refractivity contribution in [1.29, 1.82) is 0 Å². The van der Waals surface area contributed by atoms with Gasteiger partial charge in [0.15, 0.2) is 0 Å². The lowest BCUT2D eigenvalue weighted by atomic mass is 9.76. The quantitative estimate of drug-likeness (QED) is 0.580. The number of likely N-dealkylation sites (tertiary alicyclic amines) is 3. The molecule has 5 rings (SSSR count). The van der Waals surface area contributed by atoms with E-state index in [4.69, 9.17) is 11.6 Å². The molecule has 3 fully saturated rings. The van der Waals surface area contributed by atoms with E-state index in [-0.39, 0.29) is 11.3 Å². The molecule has 2 aromatic rings. The van der Waals surface area contributed by atoms with Crippen LogP contribution in [0, 0.1) is 11.3 Å². The molecular formula is C29H36ClN3O2. The first-order valence-electron chi connectivity index (χ1n) is 13.1. The van der Waals surface area contributed by atoms with E-state index in [9.17, 15) is 9.59 Å². The molecule has 2 amide bonds. The van der Waals surface area contributed by atoms with Crippen LogP contribution in [-0.4, -0.2) is 65.8 Å². The second-order valence-electron chi connectivity index (χ2n) is 10.6. The van der Waals surface area contributed by atoms with Crippen LogP contribution in [0.25, 0.3) is 0 Å². The van der Waals surface area contributed by atoms with E-state index >= 15 is 0 Å². The molecule has 3 aliphatic rings. The fourth-order valence-electron chi connectivity index (χ4n) is 6.37. The maximum atomic E-state index is 13.4. The summed E-state index contributed by atoms with van der Waals surface area (Å²) in [5.74, 6) is 1.39. The van der Waals surface area contributed by atoms with Gasteiger partial charge in [-0.3, -0.25) is 9.59 Å². The van der Waals surface area contributed by atoms with E-state index in [0.29, 0.717) is 30.7 Å². The predicted molar refractivity (Wildman–Crippen MR) is 139 cm³/mol. The lowest BCUT2D eigenvalue weighted by molar-refractivity contribution is -0.139. The van der Waals surface area contributed by atoms with Crippen LogP contribution in [0.15, 0.2) is 54.6 Å². The molecule has 186 valence electrons. The molecule has 6 heteroatoms. The largest absolute Gasteiger partial charge is 0.342 e. The smallest absolute Gasteiger partial charge is 0.229 e. The molecule has 0 bridgehead atoms. The highest BCUT2D eigenvalue weighted by Crippen LogP contribution is 2.43. The first kappa shape index (κ1) is 24.3. The van der Waals surface area contributed by atoms with Crippen LogP contribution in [0.2, 0.25) is 5.02 Å². The molecule has 2 atom stereocenters. The van der Waals surface area contributed by atoms with Gasteiger partial charge in [0.2, 0.25) is 11.8 Å². The molecule has 5 nitrogen and oxygen atoms in total. The number of benzene rings is 2. The molecule has 2 aromatic carbocycles. The third-order valence-electron chi connectivity index (χ3n) is 8.52. The molecule has 1 spiro atoms. The normalized spacial score (nSPS) is 24.5. The van der Waals surface area contributed by atoms with Gasteiger partial charge in [0.25, 0.3) is 0 Å². The second kappa shape index (κ2) is 10.3. The molecule has 35 heavy (non-hydrogen) atoms. The van der Waals surface area contributed by atoms with Crippen LogP contribution in [0.3, 0.4) is 0 Å². The minimum absolute atomic E-state index is 0.193.